The number of carbonyl (C=O) groups is 1. The summed E-state index contributed by atoms with van der Waals surface area (Å²) in [6, 6.07) is 4.95. The molecule has 2 N–H and O–H groups in total. The molecule has 8 heteroatoms. The van der Waals surface area contributed by atoms with Gasteiger partial charge in [0.15, 0.2) is 0 Å². The van der Waals surface area contributed by atoms with Gasteiger partial charge in [0.25, 0.3) is 0 Å². The van der Waals surface area contributed by atoms with E-state index < -0.39 is 16.1 Å². The van der Waals surface area contributed by atoms with Crippen LogP contribution in [0.5, 0.6) is 0 Å². The molecule has 0 saturated carbocycles. The first-order valence-electron chi connectivity index (χ1n) is 8.39. The van der Waals surface area contributed by atoms with E-state index >= 15 is 0 Å². The van der Waals surface area contributed by atoms with Crippen LogP contribution in [0.4, 0.5) is 0 Å². The topological polar surface area (TPSA) is 83.7 Å². The number of rotatable bonds is 5. The minimum absolute atomic E-state index is 0. The summed E-state index contributed by atoms with van der Waals surface area (Å²) >= 11 is 0. The predicted octanol–water partition coefficient (Wildman–Crippen LogP) is 1.69. The van der Waals surface area contributed by atoms with E-state index in [-0.39, 0.29) is 18.3 Å². The smallest absolute Gasteiger partial charge is 0.243 e. The average molecular weight is 390 g/mol. The summed E-state index contributed by atoms with van der Waals surface area (Å²) in [6.45, 7) is 7.06. The lowest BCUT2D eigenvalue weighted by Crippen LogP contribution is -2.54. The monoisotopic (exact) mass is 389 g/mol. The second-order valence-electron chi connectivity index (χ2n) is 6.39. The largest absolute Gasteiger partial charge is 0.339 e. The van der Waals surface area contributed by atoms with Crippen LogP contribution in [0, 0.1) is 13.8 Å². The number of nitrogens with two attached hydrogens (primary N) is 1. The van der Waals surface area contributed by atoms with Gasteiger partial charge in [0.2, 0.25) is 15.9 Å². The number of piperazine rings is 1. The first-order valence-corrected chi connectivity index (χ1v) is 9.83. The molecule has 0 aliphatic carbocycles. The predicted molar refractivity (Wildman–Crippen MR) is 101 cm³/mol. The molecule has 1 amide bonds. The maximum Gasteiger partial charge on any atom is 0.243 e. The number of sulfonamides is 1. The highest BCUT2D eigenvalue weighted by Gasteiger charge is 2.32. The summed E-state index contributed by atoms with van der Waals surface area (Å²) in [4.78, 5) is 14.3. The molecule has 25 heavy (non-hydrogen) atoms. The Kier molecular flexibility index (Phi) is 7.87. The minimum atomic E-state index is -3.53. The normalized spacial score (nSPS) is 17.0. The van der Waals surface area contributed by atoms with Crippen LogP contribution in [-0.2, 0) is 14.8 Å². The van der Waals surface area contributed by atoms with Crippen LogP contribution in [0.25, 0.3) is 0 Å². The Morgan fingerprint density at radius 1 is 1.20 bits per heavy atom. The molecule has 2 rings (SSSR count). The highest BCUT2D eigenvalue weighted by Crippen LogP contribution is 2.22. The summed E-state index contributed by atoms with van der Waals surface area (Å²) < 4.78 is 27.2. The van der Waals surface area contributed by atoms with Gasteiger partial charge in [-0.05, 0) is 37.5 Å². The minimum Gasteiger partial charge on any atom is -0.339 e. The van der Waals surface area contributed by atoms with Crippen LogP contribution < -0.4 is 5.73 Å². The molecule has 1 saturated heterocycles. The summed E-state index contributed by atoms with van der Waals surface area (Å²) in [5.41, 5.74) is 7.54. The average Bonchev–Trinajstić information content (AvgIpc) is 2.56. The summed E-state index contributed by atoms with van der Waals surface area (Å²) in [6.07, 6.45) is 1.51. The first-order chi connectivity index (χ1) is 11.3. The quantitative estimate of drug-likeness (QED) is 0.830. The number of amides is 1. The third-order valence-electron chi connectivity index (χ3n) is 4.43. The van der Waals surface area contributed by atoms with Gasteiger partial charge in [0, 0.05) is 26.2 Å². The zero-order valence-electron chi connectivity index (χ0n) is 15.1. The van der Waals surface area contributed by atoms with Crippen molar-refractivity contribution in [1.29, 1.82) is 0 Å². The Bertz CT molecular complexity index is 701. The number of aryl methyl sites for hydroxylation is 2. The highest BCUT2D eigenvalue weighted by atomic mass is 35.5. The van der Waals surface area contributed by atoms with Crippen molar-refractivity contribution in [3.05, 3.63) is 29.3 Å². The Hall–Kier alpha value is -1.15. The first kappa shape index (κ1) is 21.9. The molecule has 1 fully saturated rings. The fraction of sp³-hybridized carbons (Fsp3) is 0.588. The molecule has 1 heterocycles. The fourth-order valence-electron chi connectivity index (χ4n) is 2.94. The zero-order chi connectivity index (χ0) is 17.9. The van der Waals surface area contributed by atoms with E-state index in [0.29, 0.717) is 37.5 Å². The van der Waals surface area contributed by atoms with Crippen molar-refractivity contribution in [3.8, 4) is 0 Å². The Balaban J connectivity index is 0.00000312. The van der Waals surface area contributed by atoms with Crippen LogP contribution in [0.3, 0.4) is 0 Å². The van der Waals surface area contributed by atoms with Gasteiger partial charge >= 0.3 is 0 Å². The van der Waals surface area contributed by atoms with Crippen LogP contribution in [-0.4, -0.2) is 55.8 Å². The molecule has 0 spiro atoms. The molecule has 1 aliphatic rings. The number of nitrogens with zero attached hydrogens (tertiary/aromatic N) is 2. The van der Waals surface area contributed by atoms with Gasteiger partial charge < -0.3 is 10.6 Å². The summed E-state index contributed by atoms with van der Waals surface area (Å²) in [7, 11) is -3.53. The fourth-order valence-corrected chi connectivity index (χ4v) is 4.67. The summed E-state index contributed by atoms with van der Waals surface area (Å²) in [5, 5.41) is 0. The molecule has 0 aromatic heterocycles. The molecule has 1 atom stereocenters. The van der Waals surface area contributed by atoms with Crippen LogP contribution in [0.1, 0.15) is 30.9 Å². The number of hydrogen-bond acceptors (Lipinski definition) is 4. The maximum absolute atomic E-state index is 12.9. The molecule has 0 bridgehead atoms. The Morgan fingerprint density at radius 3 is 2.36 bits per heavy atom. The van der Waals surface area contributed by atoms with E-state index in [1.165, 1.54) is 4.31 Å². The molecule has 1 aromatic carbocycles. The SMILES string of the molecule is CCCC(N)C(=O)N1CCN(S(=O)(=O)c2cc(C)ccc2C)CC1.Cl. The van der Waals surface area contributed by atoms with Gasteiger partial charge in [0.05, 0.1) is 10.9 Å². The third kappa shape index (κ3) is 4.94. The summed E-state index contributed by atoms with van der Waals surface area (Å²) in [5.74, 6) is -0.0827. The molecular weight excluding hydrogens is 362 g/mol. The number of benzene rings is 1. The van der Waals surface area contributed by atoms with Gasteiger partial charge in [-0.2, -0.15) is 4.31 Å². The van der Waals surface area contributed by atoms with Crippen molar-refractivity contribution in [1.82, 2.24) is 9.21 Å². The molecule has 142 valence electrons. The lowest BCUT2D eigenvalue weighted by Gasteiger charge is -2.35. The highest BCUT2D eigenvalue weighted by molar-refractivity contribution is 7.89. The van der Waals surface area contributed by atoms with Crippen molar-refractivity contribution in [3.63, 3.8) is 0 Å². The maximum atomic E-state index is 12.9. The number of hydrogen-bond donors (Lipinski definition) is 1. The van der Waals surface area contributed by atoms with Crippen LogP contribution in [0.2, 0.25) is 0 Å². The Labute approximate surface area is 156 Å². The van der Waals surface area contributed by atoms with E-state index in [4.69, 9.17) is 5.73 Å². The van der Waals surface area contributed by atoms with E-state index in [0.717, 1.165) is 17.5 Å². The molecule has 0 radical (unpaired) electrons. The molecule has 1 unspecified atom stereocenters. The van der Waals surface area contributed by atoms with E-state index in [2.05, 4.69) is 0 Å². The lowest BCUT2D eigenvalue weighted by molar-refractivity contribution is -0.133. The zero-order valence-corrected chi connectivity index (χ0v) is 16.7. The van der Waals surface area contributed by atoms with Crippen molar-refractivity contribution < 1.29 is 13.2 Å². The van der Waals surface area contributed by atoms with Crippen LogP contribution >= 0.6 is 12.4 Å². The van der Waals surface area contributed by atoms with Crippen molar-refractivity contribution >= 4 is 28.3 Å². The van der Waals surface area contributed by atoms with Crippen molar-refractivity contribution in [2.75, 3.05) is 26.2 Å². The van der Waals surface area contributed by atoms with Gasteiger partial charge in [-0.25, -0.2) is 8.42 Å². The van der Waals surface area contributed by atoms with Crippen LogP contribution in [0.15, 0.2) is 23.1 Å². The van der Waals surface area contributed by atoms with E-state index in [1.807, 2.05) is 26.0 Å². The second-order valence-corrected chi connectivity index (χ2v) is 8.30. The van der Waals surface area contributed by atoms with E-state index in [9.17, 15) is 13.2 Å². The second kappa shape index (κ2) is 8.98. The molecule has 6 nitrogen and oxygen atoms in total. The van der Waals surface area contributed by atoms with Crippen molar-refractivity contribution in [2.45, 2.75) is 44.6 Å². The molecular formula is C17H28ClN3O3S. The van der Waals surface area contributed by atoms with Gasteiger partial charge in [-0.3, -0.25) is 4.79 Å². The Morgan fingerprint density at radius 2 is 1.80 bits per heavy atom. The van der Waals surface area contributed by atoms with Gasteiger partial charge in [-0.15, -0.1) is 12.4 Å². The lowest BCUT2D eigenvalue weighted by atomic mass is 10.1. The number of carbonyl (C=O) groups excluding carboxylic acids is 1. The third-order valence-corrected chi connectivity index (χ3v) is 6.47. The number of halogens is 1. The molecule has 1 aromatic rings. The standard InChI is InChI=1S/C17H27N3O3S.ClH/c1-4-5-15(18)17(21)19-8-10-20(11-9-19)24(22,23)16-12-13(2)6-7-14(16)3;/h6-7,12,15H,4-5,8-11,18H2,1-3H3;1H. The van der Waals surface area contributed by atoms with Gasteiger partial charge in [-0.1, -0.05) is 25.5 Å². The van der Waals surface area contributed by atoms with E-state index in [1.54, 1.807) is 17.9 Å². The van der Waals surface area contributed by atoms with Gasteiger partial charge in [0.1, 0.15) is 0 Å². The molecule has 1 aliphatic heterocycles. The van der Waals surface area contributed by atoms with Crippen molar-refractivity contribution in [2.24, 2.45) is 5.73 Å².